The molecule has 1 saturated heterocycles. The molecule has 1 aromatic rings. The first kappa shape index (κ1) is 10.8. The Morgan fingerprint density at radius 3 is 2.53 bits per heavy atom. The highest BCUT2D eigenvalue weighted by molar-refractivity contribution is 6.30. The Hall–Kier alpha value is -0.730. The van der Waals surface area contributed by atoms with E-state index in [-0.39, 0.29) is 0 Å². The Labute approximate surface area is 96.2 Å². The molecule has 82 valence electrons. The molecule has 0 amide bonds. The van der Waals surface area contributed by atoms with Crippen LogP contribution in [0.15, 0.2) is 24.3 Å². The molecule has 0 bridgehead atoms. The molecule has 1 aliphatic heterocycles. The summed E-state index contributed by atoms with van der Waals surface area (Å²) in [6.45, 7) is 6.56. The van der Waals surface area contributed by atoms with Crippen LogP contribution in [0.3, 0.4) is 0 Å². The molecule has 1 heterocycles. The molecule has 2 nitrogen and oxygen atoms in total. The molecule has 0 aliphatic carbocycles. The van der Waals surface area contributed by atoms with E-state index < -0.39 is 0 Å². The molecule has 0 unspecified atom stereocenters. The molecular weight excluding hydrogens is 208 g/mol. The average Bonchev–Trinajstić information content (AvgIpc) is 2.17. The van der Waals surface area contributed by atoms with Crippen molar-refractivity contribution in [2.45, 2.75) is 25.9 Å². The van der Waals surface area contributed by atoms with Crippen LogP contribution in [0.2, 0.25) is 5.02 Å². The van der Waals surface area contributed by atoms with Gasteiger partial charge >= 0.3 is 0 Å². The number of rotatable bonds is 1. The van der Waals surface area contributed by atoms with Crippen molar-refractivity contribution >= 4 is 17.3 Å². The van der Waals surface area contributed by atoms with E-state index >= 15 is 0 Å². The smallest absolute Gasteiger partial charge is 0.0426 e. The number of hydrogen-bond acceptors (Lipinski definition) is 2. The van der Waals surface area contributed by atoms with Gasteiger partial charge in [-0.15, -0.1) is 0 Å². The van der Waals surface area contributed by atoms with Gasteiger partial charge in [-0.2, -0.15) is 0 Å². The second-order valence-electron chi connectivity index (χ2n) is 4.24. The number of benzene rings is 1. The van der Waals surface area contributed by atoms with Gasteiger partial charge in [0.25, 0.3) is 0 Å². The van der Waals surface area contributed by atoms with Gasteiger partial charge in [-0.05, 0) is 32.0 Å². The van der Waals surface area contributed by atoms with Crippen LogP contribution in [-0.4, -0.2) is 25.2 Å². The third-order valence-electron chi connectivity index (χ3n) is 2.94. The van der Waals surface area contributed by atoms with E-state index in [4.69, 9.17) is 11.6 Å². The summed E-state index contributed by atoms with van der Waals surface area (Å²) < 4.78 is 0. The first-order chi connectivity index (χ1) is 7.18. The SMILES string of the molecule is C[C@H]1CNC[C@H](C)N1c1cccc(Cl)c1. The van der Waals surface area contributed by atoms with Crippen LogP contribution in [0.4, 0.5) is 5.69 Å². The fourth-order valence-corrected chi connectivity index (χ4v) is 2.46. The number of hydrogen-bond donors (Lipinski definition) is 1. The molecule has 2 rings (SSSR count). The third-order valence-corrected chi connectivity index (χ3v) is 3.17. The zero-order valence-corrected chi connectivity index (χ0v) is 9.96. The average molecular weight is 225 g/mol. The van der Waals surface area contributed by atoms with Gasteiger partial charge < -0.3 is 10.2 Å². The lowest BCUT2D eigenvalue weighted by molar-refractivity contribution is 0.432. The zero-order valence-electron chi connectivity index (χ0n) is 9.20. The van der Waals surface area contributed by atoms with Crippen molar-refractivity contribution in [3.63, 3.8) is 0 Å². The first-order valence-electron chi connectivity index (χ1n) is 5.43. The summed E-state index contributed by atoms with van der Waals surface area (Å²) in [5.41, 5.74) is 1.23. The maximum atomic E-state index is 6.02. The highest BCUT2D eigenvalue weighted by Crippen LogP contribution is 2.24. The minimum atomic E-state index is 0.521. The summed E-state index contributed by atoms with van der Waals surface area (Å²) in [7, 11) is 0. The van der Waals surface area contributed by atoms with E-state index in [1.165, 1.54) is 5.69 Å². The molecule has 15 heavy (non-hydrogen) atoms. The minimum Gasteiger partial charge on any atom is -0.364 e. The molecular formula is C12H17ClN2. The number of nitrogens with zero attached hydrogens (tertiary/aromatic N) is 1. The maximum Gasteiger partial charge on any atom is 0.0426 e. The second kappa shape index (κ2) is 4.42. The van der Waals surface area contributed by atoms with Gasteiger partial charge in [0.15, 0.2) is 0 Å². The van der Waals surface area contributed by atoms with E-state index in [0.29, 0.717) is 12.1 Å². The lowest BCUT2D eigenvalue weighted by atomic mass is 10.1. The molecule has 1 aromatic carbocycles. The van der Waals surface area contributed by atoms with Crippen molar-refractivity contribution in [3.05, 3.63) is 29.3 Å². The minimum absolute atomic E-state index is 0.521. The van der Waals surface area contributed by atoms with Gasteiger partial charge in [0.2, 0.25) is 0 Å². The lowest BCUT2D eigenvalue weighted by Gasteiger charge is -2.41. The van der Waals surface area contributed by atoms with E-state index in [9.17, 15) is 0 Å². The van der Waals surface area contributed by atoms with Gasteiger partial charge in [-0.3, -0.25) is 0 Å². The maximum absolute atomic E-state index is 6.02. The van der Waals surface area contributed by atoms with Gasteiger partial charge in [0.05, 0.1) is 0 Å². The van der Waals surface area contributed by atoms with Crippen LogP contribution in [-0.2, 0) is 0 Å². The molecule has 2 atom stereocenters. The van der Waals surface area contributed by atoms with E-state index in [1.807, 2.05) is 18.2 Å². The fraction of sp³-hybridized carbons (Fsp3) is 0.500. The van der Waals surface area contributed by atoms with Crippen molar-refractivity contribution in [2.75, 3.05) is 18.0 Å². The predicted molar refractivity (Wildman–Crippen MR) is 65.7 cm³/mol. The summed E-state index contributed by atoms with van der Waals surface area (Å²) in [6, 6.07) is 9.14. The highest BCUT2D eigenvalue weighted by atomic mass is 35.5. The van der Waals surface area contributed by atoms with Crippen molar-refractivity contribution in [1.29, 1.82) is 0 Å². The van der Waals surface area contributed by atoms with E-state index in [0.717, 1.165) is 18.1 Å². The summed E-state index contributed by atoms with van der Waals surface area (Å²) in [5, 5.41) is 4.23. The first-order valence-corrected chi connectivity index (χ1v) is 5.81. The molecule has 1 fully saturated rings. The number of piperazine rings is 1. The van der Waals surface area contributed by atoms with Crippen LogP contribution in [0.25, 0.3) is 0 Å². The van der Waals surface area contributed by atoms with Gasteiger partial charge in [-0.1, -0.05) is 17.7 Å². The van der Waals surface area contributed by atoms with Crippen molar-refractivity contribution < 1.29 is 0 Å². The van der Waals surface area contributed by atoms with Gasteiger partial charge in [0.1, 0.15) is 0 Å². The highest BCUT2D eigenvalue weighted by Gasteiger charge is 2.24. The largest absolute Gasteiger partial charge is 0.364 e. The van der Waals surface area contributed by atoms with Crippen molar-refractivity contribution in [1.82, 2.24) is 5.32 Å². The summed E-state index contributed by atoms with van der Waals surface area (Å²) in [5.74, 6) is 0. The third kappa shape index (κ3) is 2.27. The Balaban J connectivity index is 2.27. The Kier molecular flexibility index (Phi) is 3.17. The monoisotopic (exact) mass is 224 g/mol. The summed E-state index contributed by atoms with van der Waals surface area (Å²) in [4.78, 5) is 2.43. The number of nitrogens with one attached hydrogen (secondary N) is 1. The quantitative estimate of drug-likeness (QED) is 0.789. The molecule has 0 saturated carbocycles. The normalized spacial score (nSPS) is 26.7. The van der Waals surface area contributed by atoms with E-state index in [1.54, 1.807) is 0 Å². The van der Waals surface area contributed by atoms with Gasteiger partial charge in [0, 0.05) is 35.9 Å². The molecule has 0 radical (unpaired) electrons. The Bertz CT molecular complexity index is 330. The van der Waals surface area contributed by atoms with Crippen LogP contribution in [0.1, 0.15) is 13.8 Å². The number of anilines is 1. The lowest BCUT2D eigenvalue weighted by Crippen LogP contribution is -2.55. The zero-order chi connectivity index (χ0) is 10.8. The fourth-order valence-electron chi connectivity index (χ4n) is 2.28. The summed E-state index contributed by atoms with van der Waals surface area (Å²) >= 11 is 6.02. The van der Waals surface area contributed by atoms with E-state index in [2.05, 4.69) is 30.1 Å². The standard InChI is InChI=1S/C12H17ClN2/c1-9-7-14-8-10(2)15(9)12-5-3-4-11(13)6-12/h3-6,9-10,14H,7-8H2,1-2H3/t9-,10-/m0/s1. The summed E-state index contributed by atoms with van der Waals surface area (Å²) in [6.07, 6.45) is 0. The molecule has 1 aliphatic rings. The second-order valence-corrected chi connectivity index (χ2v) is 4.68. The Morgan fingerprint density at radius 1 is 1.27 bits per heavy atom. The van der Waals surface area contributed by atoms with Gasteiger partial charge in [-0.25, -0.2) is 0 Å². The van der Waals surface area contributed by atoms with Crippen LogP contribution in [0, 0.1) is 0 Å². The topological polar surface area (TPSA) is 15.3 Å². The Morgan fingerprint density at radius 2 is 1.93 bits per heavy atom. The molecule has 0 aromatic heterocycles. The van der Waals surface area contributed by atoms with Crippen LogP contribution >= 0.6 is 11.6 Å². The van der Waals surface area contributed by atoms with Crippen LogP contribution in [0.5, 0.6) is 0 Å². The van der Waals surface area contributed by atoms with Crippen molar-refractivity contribution in [3.8, 4) is 0 Å². The molecule has 3 heteroatoms. The van der Waals surface area contributed by atoms with Crippen LogP contribution < -0.4 is 10.2 Å². The number of halogens is 1. The van der Waals surface area contributed by atoms with Crippen molar-refractivity contribution in [2.24, 2.45) is 0 Å². The molecule has 1 N–H and O–H groups in total. The predicted octanol–water partition coefficient (Wildman–Crippen LogP) is 2.53. The molecule has 0 spiro atoms.